The molecule has 1 aromatic heterocycles. The molecule has 2 saturated heterocycles. The molecule has 10 heteroatoms. The first kappa shape index (κ1) is 15.3. The Kier molecular flexibility index (Phi) is 3.87. The van der Waals surface area contributed by atoms with E-state index in [-0.39, 0.29) is 0 Å². The van der Waals surface area contributed by atoms with Crippen LogP contribution in [0.1, 0.15) is 6.23 Å². The third kappa shape index (κ3) is 2.20. The number of fused-ring (bicyclic) bond motifs is 1. The lowest BCUT2D eigenvalue weighted by molar-refractivity contribution is -0.273. The van der Waals surface area contributed by atoms with Crippen molar-refractivity contribution in [2.24, 2.45) is 0 Å². The summed E-state index contributed by atoms with van der Waals surface area (Å²) in [7, 11) is 1.34. The summed E-state index contributed by atoms with van der Waals surface area (Å²) >= 11 is 0. The van der Waals surface area contributed by atoms with Crippen LogP contribution in [-0.2, 0) is 18.9 Å². The normalized spacial score (nSPS) is 37.4. The summed E-state index contributed by atoms with van der Waals surface area (Å²) < 4.78 is 35.8. The fourth-order valence-corrected chi connectivity index (χ4v) is 2.67. The second-order valence-corrected chi connectivity index (χ2v) is 5.06. The van der Waals surface area contributed by atoms with Gasteiger partial charge in [0.15, 0.2) is 11.8 Å². The van der Waals surface area contributed by atoms with Crippen LogP contribution in [0, 0.1) is 0 Å². The third-order valence-corrected chi connectivity index (χ3v) is 3.79. The number of alkyl halides is 1. The van der Waals surface area contributed by atoms with Gasteiger partial charge in [0.05, 0.1) is 6.61 Å². The largest absolute Gasteiger partial charge is 0.393 e. The molecule has 2 aliphatic heterocycles. The Morgan fingerprint density at radius 1 is 1.50 bits per heavy atom. The van der Waals surface area contributed by atoms with Gasteiger partial charge in [-0.25, -0.2) is 9.18 Å². The predicted molar refractivity (Wildman–Crippen MR) is 67.8 cm³/mol. The molecular formula is C12H15FN2O7. The van der Waals surface area contributed by atoms with Crippen molar-refractivity contribution in [1.82, 2.24) is 9.55 Å². The Hall–Kier alpha value is -1.59. The number of aromatic amines is 1. The summed E-state index contributed by atoms with van der Waals surface area (Å²) in [5.41, 5.74) is -2.99. The van der Waals surface area contributed by atoms with Crippen molar-refractivity contribution in [3.63, 3.8) is 0 Å². The van der Waals surface area contributed by atoms with Gasteiger partial charge in [-0.2, -0.15) is 0 Å². The summed E-state index contributed by atoms with van der Waals surface area (Å²) in [6.45, 7) is -2.77. The molecule has 1 unspecified atom stereocenters. The van der Waals surface area contributed by atoms with Crippen LogP contribution in [0.5, 0.6) is 0 Å². The van der Waals surface area contributed by atoms with Gasteiger partial charge in [-0.3, -0.25) is 14.3 Å². The molecule has 1 aromatic rings. The number of ether oxygens (including phenoxy) is 4. The average Bonchev–Trinajstić information content (AvgIpc) is 3.05. The van der Waals surface area contributed by atoms with Gasteiger partial charge in [0, 0.05) is 19.4 Å². The molecule has 9 nitrogen and oxygen atoms in total. The SMILES string of the molecule is COC1O[C@H]2[C@H](n3ccc(=O)[nH]c3=O)O[C@@](CO)(CF)[C@H]2O1. The minimum absolute atomic E-state index is 0.576. The zero-order valence-electron chi connectivity index (χ0n) is 11.6. The molecule has 2 fully saturated rings. The number of nitrogens with zero attached hydrogens (tertiary/aromatic N) is 1. The molecule has 0 aliphatic carbocycles. The molecule has 0 bridgehead atoms. The number of aliphatic hydroxyl groups is 1. The predicted octanol–water partition coefficient (Wildman–Crippen LogP) is -1.52. The van der Waals surface area contributed by atoms with Crippen LogP contribution in [0.25, 0.3) is 0 Å². The van der Waals surface area contributed by atoms with E-state index in [1.54, 1.807) is 0 Å². The number of H-pyrrole nitrogens is 1. The van der Waals surface area contributed by atoms with E-state index in [0.29, 0.717) is 0 Å². The average molecular weight is 318 g/mol. The number of aromatic nitrogens is 2. The fourth-order valence-electron chi connectivity index (χ4n) is 2.67. The van der Waals surface area contributed by atoms with Crippen molar-refractivity contribution in [1.29, 1.82) is 0 Å². The number of aliphatic hydroxyl groups excluding tert-OH is 1. The molecule has 3 rings (SSSR count). The highest BCUT2D eigenvalue weighted by Gasteiger charge is 2.62. The van der Waals surface area contributed by atoms with E-state index in [2.05, 4.69) is 4.98 Å². The maximum atomic E-state index is 13.5. The van der Waals surface area contributed by atoms with Gasteiger partial charge in [0.1, 0.15) is 18.9 Å². The molecule has 3 heterocycles. The fraction of sp³-hybridized carbons (Fsp3) is 0.667. The van der Waals surface area contributed by atoms with E-state index >= 15 is 0 Å². The zero-order valence-corrected chi connectivity index (χ0v) is 11.6. The summed E-state index contributed by atoms with van der Waals surface area (Å²) in [5.74, 6) is 0. The highest BCUT2D eigenvalue weighted by Crippen LogP contribution is 2.44. The van der Waals surface area contributed by atoms with Crippen molar-refractivity contribution >= 4 is 0 Å². The molecule has 0 saturated carbocycles. The molecule has 0 amide bonds. The van der Waals surface area contributed by atoms with Gasteiger partial charge in [-0.05, 0) is 0 Å². The first-order valence-corrected chi connectivity index (χ1v) is 6.54. The number of methoxy groups -OCH3 is 1. The highest BCUT2D eigenvalue weighted by molar-refractivity contribution is 5.05. The van der Waals surface area contributed by atoms with Gasteiger partial charge in [-0.1, -0.05) is 0 Å². The van der Waals surface area contributed by atoms with Crippen LogP contribution in [0.4, 0.5) is 4.39 Å². The number of halogens is 1. The van der Waals surface area contributed by atoms with Crippen LogP contribution in [0.3, 0.4) is 0 Å². The molecule has 2 N–H and O–H groups in total. The van der Waals surface area contributed by atoms with E-state index in [0.717, 1.165) is 10.6 Å². The standard InChI is InChI=1S/C12H15FN2O7/c1-19-11-20-7-8(21-11)12(4-13,5-16)22-9(7)15-3-2-6(17)14-10(15)18/h2-3,7-9,11,16H,4-5H2,1H3,(H,14,17,18)/t7-,8+,9-,11?,12-/m1/s1. The third-order valence-electron chi connectivity index (χ3n) is 3.79. The smallest absolute Gasteiger partial charge is 0.330 e. The summed E-state index contributed by atoms with van der Waals surface area (Å²) in [6, 6.07) is 1.12. The van der Waals surface area contributed by atoms with E-state index in [1.807, 2.05) is 0 Å². The highest BCUT2D eigenvalue weighted by atomic mass is 19.1. The Labute approximate surface area is 123 Å². The number of rotatable bonds is 4. The van der Waals surface area contributed by atoms with Gasteiger partial charge < -0.3 is 24.1 Å². The Bertz CT molecular complexity index is 655. The topological polar surface area (TPSA) is 112 Å². The first-order chi connectivity index (χ1) is 10.5. The molecule has 5 atom stereocenters. The summed E-state index contributed by atoms with van der Waals surface area (Å²) in [4.78, 5) is 25.1. The maximum absolute atomic E-state index is 13.5. The van der Waals surface area contributed by atoms with E-state index in [9.17, 15) is 19.1 Å². The van der Waals surface area contributed by atoms with E-state index < -0.39 is 55.0 Å². The molecule has 0 aromatic carbocycles. The number of nitrogens with one attached hydrogen (secondary N) is 1. The molecule has 2 aliphatic rings. The van der Waals surface area contributed by atoms with Crippen molar-refractivity contribution in [3.05, 3.63) is 33.1 Å². The van der Waals surface area contributed by atoms with Gasteiger partial charge in [0.25, 0.3) is 12.0 Å². The Morgan fingerprint density at radius 3 is 2.86 bits per heavy atom. The lowest BCUT2D eigenvalue weighted by Crippen LogP contribution is -2.48. The number of hydrogen-bond donors (Lipinski definition) is 2. The van der Waals surface area contributed by atoms with Gasteiger partial charge in [0.2, 0.25) is 0 Å². The van der Waals surface area contributed by atoms with Crippen LogP contribution >= 0.6 is 0 Å². The molecular weight excluding hydrogens is 303 g/mol. The molecule has 122 valence electrons. The first-order valence-electron chi connectivity index (χ1n) is 6.54. The van der Waals surface area contributed by atoms with Crippen molar-refractivity contribution in [3.8, 4) is 0 Å². The van der Waals surface area contributed by atoms with Crippen molar-refractivity contribution < 1.29 is 28.4 Å². The Balaban J connectivity index is 2.01. The maximum Gasteiger partial charge on any atom is 0.330 e. The van der Waals surface area contributed by atoms with Crippen LogP contribution in [0.2, 0.25) is 0 Å². The van der Waals surface area contributed by atoms with Crippen LogP contribution in [0.15, 0.2) is 21.9 Å². The minimum atomic E-state index is -1.67. The lowest BCUT2D eigenvalue weighted by atomic mass is 9.98. The van der Waals surface area contributed by atoms with Gasteiger partial charge >= 0.3 is 5.69 Å². The Morgan fingerprint density at radius 2 is 2.27 bits per heavy atom. The van der Waals surface area contributed by atoms with E-state index in [4.69, 9.17) is 18.9 Å². The second kappa shape index (κ2) is 5.56. The molecule has 22 heavy (non-hydrogen) atoms. The summed E-state index contributed by atoms with van der Waals surface area (Å²) in [5, 5.41) is 9.51. The zero-order chi connectivity index (χ0) is 15.9. The van der Waals surface area contributed by atoms with Crippen molar-refractivity contribution in [2.75, 3.05) is 20.4 Å². The molecule has 0 radical (unpaired) electrons. The van der Waals surface area contributed by atoms with Crippen LogP contribution in [-0.4, -0.2) is 59.3 Å². The van der Waals surface area contributed by atoms with Crippen LogP contribution < -0.4 is 11.2 Å². The van der Waals surface area contributed by atoms with Gasteiger partial charge in [-0.15, -0.1) is 0 Å². The van der Waals surface area contributed by atoms with E-state index in [1.165, 1.54) is 13.3 Å². The molecule has 0 spiro atoms. The second-order valence-electron chi connectivity index (χ2n) is 5.06. The lowest BCUT2D eigenvalue weighted by Gasteiger charge is -2.28. The quantitative estimate of drug-likeness (QED) is 0.693. The summed E-state index contributed by atoms with van der Waals surface area (Å²) in [6.07, 6.45) is -1.71. The minimum Gasteiger partial charge on any atom is -0.393 e. The monoisotopic (exact) mass is 318 g/mol. The van der Waals surface area contributed by atoms with Crippen molar-refractivity contribution in [2.45, 2.75) is 30.5 Å². The number of hydrogen-bond acceptors (Lipinski definition) is 7.